The molecule has 22 heavy (non-hydrogen) atoms. The molecule has 5 nitrogen and oxygen atoms in total. The maximum atomic E-state index is 12.7. The van der Waals surface area contributed by atoms with E-state index in [9.17, 15) is 4.79 Å². The number of amides is 1. The van der Waals surface area contributed by atoms with E-state index in [1.54, 1.807) is 4.90 Å². The number of rotatable bonds is 4. The lowest BCUT2D eigenvalue weighted by atomic mass is 9.95. The topological polar surface area (TPSA) is 64.8 Å². The van der Waals surface area contributed by atoms with E-state index in [4.69, 9.17) is 15.2 Å². The molecule has 1 saturated heterocycles. The molecule has 2 N–H and O–H groups in total. The molecular formula is C17H34N2O3. The summed E-state index contributed by atoms with van der Waals surface area (Å²) in [6.45, 7) is 15.8. The summed E-state index contributed by atoms with van der Waals surface area (Å²) in [7, 11) is 0. The van der Waals surface area contributed by atoms with Crippen molar-refractivity contribution < 1.29 is 14.3 Å². The van der Waals surface area contributed by atoms with Crippen molar-refractivity contribution in [1.82, 2.24) is 4.90 Å². The largest absolute Gasteiger partial charge is 0.444 e. The van der Waals surface area contributed by atoms with Gasteiger partial charge in [0.1, 0.15) is 11.3 Å². The molecule has 1 aliphatic rings. The molecule has 0 aromatic heterocycles. The summed E-state index contributed by atoms with van der Waals surface area (Å²) >= 11 is 0. The summed E-state index contributed by atoms with van der Waals surface area (Å²) in [6, 6.07) is 0.0323. The van der Waals surface area contributed by atoms with Crippen LogP contribution in [0.1, 0.15) is 68.2 Å². The standard InChI is InChI=1S/C17H34N2O3/c1-11(2)9-13-14(10-12(3)18)21-17(7,8)19(13)15(20)22-16(4,5)6/h11-14H,9-10,18H2,1-8H3/t12-,13-,14-/m0/s1. The maximum Gasteiger partial charge on any atom is 0.412 e. The fourth-order valence-electron chi connectivity index (χ4n) is 3.05. The summed E-state index contributed by atoms with van der Waals surface area (Å²) < 4.78 is 11.8. The van der Waals surface area contributed by atoms with Crippen molar-refractivity contribution in [2.24, 2.45) is 11.7 Å². The van der Waals surface area contributed by atoms with Gasteiger partial charge in [-0.1, -0.05) is 13.8 Å². The Morgan fingerprint density at radius 1 is 1.27 bits per heavy atom. The zero-order valence-corrected chi connectivity index (χ0v) is 15.5. The third-order valence-electron chi connectivity index (χ3n) is 3.69. The van der Waals surface area contributed by atoms with Crippen LogP contribution in [0, 0.1) is 5.92 Å². The molecule has 130 valence electrons. The van der Waals surface area contributed by atoms with Crippen molar-refractivity contribution in [3.05, 3.63) is 0 Å². The second-order valence-electron chi connectivity index (χ2n) is 8.36. The molecule has 1 aliphatic heterocycles. The van der Waals surface area contributed by atoms with E-state index in [0.717, 1.165) is 12.8 Å². The molecule has 0 spiro atoms. The molecule has 1 heterocycles. The van der Waals surface area contributed by atoms with Gasteiger partial charge >= 0.3 is 6.09 Å². The highest BCUT2D eigenvalue weighted by atomic mass is 16.6. The minimum Gasteiger partial charge on any atom is -0.444 e. The molecule has 0 aliphatic carbocycles. The van der Waals surface area contributed by atoms with Crippen LogP contribution in [0.4, 0.5) is 4.79 Å². The van der Waals surface area contributed by atoms with Gasteiger partial charge in [-0.15, -0.1) is 0 Å². The Hall–Kier alpha value is -0.810. The smallest absolute Gasteiger partial charge is 0.412 e. The number of nitrogens with zero attached hydrogens (tertiary/aromatic N) is 1. The molecule has 0 radical (unpaired) electrons. The Labute approximate surface area is 135 Å². The van der Waals surface area contributed by atoms with Crippen LogP contribution in [0.25, 0.3) is 0 Å². The van der Waals surface area contributed by atoms with Gasteiger partial charge in [0, 0.05) is 6.04 Å². The Balaban J connectivity index is 3.04. The van der Waals surface area contributed by atoms with E-state index in [-0.39, 0.29) is 24.3 Å². The first-order valence-electron chi connectivity index (χ1n) is 8.29. The van der Waals surface area contributed by atoms with Crippen LogP contribution in [0.5, 0.6) is 0 Å². The molecule has 0 saturated carbocycles. The SMILES string of the molecule is CC(C)C[C@H]1[C@H](C[C@H](C)N)OC(C)(C)N1C(=O)OC(C)(C)C. The van der Waals surface area contributed by atoms with Crippen molar-refractivity contribution in [2.45, 2.75) is 97.7 Å². The van der Waals surface area contributed by atoms with Crippen molar-refractivity contribution in [1.29, 1.82) is 0 Å². The quantitative estimate of drug-likeness (QED) is 0.862. The fourth-order valence-corrected chi connectivity index (χ4v) is 3.05. The first-order chi connectivity index (χ1) is 9.83. The summed E-state index contributed by atoms with van der Waals surface area (Å²) in [5.41, 5.74) is 4.76. The van der Waals surface area contributed by atoms with Crippen molar-refractivity contribution in [3.63, 3.8) is 0 Å². The average Bonchev–Trinajstić information content (AvgIpc) is 2.44. The van der Waals surface area contributed by atoms with Gasteiger partial charge in [0.15, 0.2) is 0 Å². The number of hydrogen-bond acceptors (Lipinski definition) is 4. The van der Waals surface area contributed by atoms with E-state index >= 15 is 0 Å². The number of nitrogens with two attached hydrogens (primary N) is 1. The molecule has 3 atom stereocenters. The second kappa shape index (κ2) is 6.75. The van der Waals surface area contributed by atoms with Crippen LogP contribution in [0.15, 0.2) is 0 Å². The van der Waals surface area contributed by atoms with Crippen molar-refractivity contribution >= 4 is 6.09 Å². The minimum absolute atomic E-state index is 0.00384. The molecule has 0 aromatic carbocycles. The van der Waals surface area contributed by atoms with Crippen LogP contribution < -0.4 is 5.73 Å². The first kappa shape index (κ1) is 19.2. The molecule has 1 rings (SSSR count). The zero-order chi connectivity index (χ0) is 17.3. The van der Waals surface area contributed by atoms with Crippen LogP contribution in [0.2, 0.25) is 0 Å². The van der Waals surface area contributed by atoms with E-state index < -0.39 is 11.3 Å². The van der Waals surface area contributed by atoms with E-state index in [0.29, 0.717) is 5.92 Å². The summed E-state index contributed by atoms with van der Waals surface area (Å²) in [6.07, 6.45) is 1.25. The van der Waals surface area contributed by atoms with Gasteiger partial charge in [0.25, 0.3) is 0 Å². The van der Waals surface area contributed by atoms with Gasteiger partial charge in [-0.25, -0.2) is 4.79 Å². The lowest BCUT2D eigenvalue weighted by molar-refractivity contribution is -0.0804. The Bertz CT molecular complexity index is 386. The molecule has 1 fully saturated rings. The maximum absolute atomic E-state index is 12.7. The molecule has 0 bridgehead atoms. The third-order valence-corrected chi connectivity index (χ3v) is 3.69. The second-order valence-corrected chi connectivity index (χ2v) is 8.36. The zero-order valence-electron chi connectivity index (χ0n) is 15.5. The molecule has 0 unspecified atom stereocenters. The van der Waals surface area contributed by atoms with E-state index in [2.05, 4.69) is 13.8 Å². The average molecular weight is 314 g/mol. The van der Waals surface area contributed by atoms with Gasteiger partial charge in [-0.3, -0.25) is 4.90 Å². The highest BCUT2D eigenvalue weighted by molar-refractivity contribution is 5.70. The number of hydrogen-bond donors (Lipinski definition) is 1. The summed E-state index contributed by atoms with van der Waals surface area (Å²) in [5.74, 6) is 0.461. The number of ether oxygens (including phenoxy) is 2. The lowest BCUT2D eigenvalue weighted by Crippen LogP contribution is -2.50. The monoisotopic (exact) mass is 314 g/mol. The molecule has 1 amide bonds. The predicted octanol–water partition coefficient (Wildman–Crippen LogP) is 3.51. The highest BCUT2D eigenvalue weighted by Crippen LogP contribution is 2.38. The molecule has 5 heteroatoms. The Kier molecular flexibility index (Phi) is 5.90. The highest BCUT2D eigenvalue weighted by Gasteiger charge is 2.51. The van der Waals surface area contributed by atoms with Crippen molar-refractivity contribution in [3.8, 4) is 0 Å². The predicted molar refractivity (Wildman–Crippen MR) is 88.5 cm³/mol. The van der Waals surface area contributed by atoms with Gasteiger partial charge in [0.2, 0.25) is 0 Å². The first-order valence-corrected chi connectivity index (χ1v) is 8.29. The minimum atomic E-state index is -0.679. The number of carbonyl (C=O) groups excluding carboxylic acids is 1. The van der Waals surface area contributed by atoms with Gasteiger partial charge < -0.3 is 15.2 Å². The number of carbonyl (C=O) groups is 1. The Morgan fingerprint density at radius 3 is 2.23 bits per heavy atom. The Morgan fingerprint density at radius 2 is 1.82 bits per heavy atom. The molecule has 0 aromatic rings. The van der Waals surface area contributed by atoms with Crippen molar-refractivity contribution in [2.75, 3.05) is 0 Å². The lowest BCUT2D eigenvalue weighted by Gasteiger charge is -2.35. The normalized spacial score (nSPS) is 26.4. The van der Waals surface area contributed by atoms with Gasteiger partial charge in [0.05, 0.1) is 12.1 Å². The fraction of sp³-hybridized carbons (Fsp3) is 0.941. The van der Waals surface area contributed by atoms with Gasteiger partial charge in [-0.2, -0.15) is 0 Å². The van der Waals surface area contributed by atoms with Crippen LogP contribution in [-0.2, 0) is 9.47 Å². The van der Waals surface area contributed by atoms with Crippen LogP contribution in [0.3, 0.4) is 0 Å². The van der Waals surface area contributed by atoms with Gasteiger partial charge in [-0.05, 0) is 60.3 Å². The molecular weight excluding hydrogens is 280 g/mol. The van der Waals surface area contributed by atoms with E-state index in [1.165, 1.54) is 0 Å². The van der Waals surface area contributed by atoms with Crippen LogP contribution >= 0.6 is 0 Å². The van der Waals surface area contributed by atoms with Crippen LogP contribution in [-0.4, -0.2) is 40.5 Å². The summed E-state index contributed by atoms with van der Waals surface area (Å²) in [4.78, 5) is 14.5. The third kappa shape index (κ3) is 5.13. The summed E-state index contributed by atoms with van der Waals surface area (Å²) in [5, 5.41) is 0. The van der Waals surface area contributed by atoms with E-state index in [1.807, 2.05) is 41.5 Å².